The first-order valence-electron chi connectivity index (χ1n) is 6.85. The van der Waals surface area contributed by atoms with Crippen LogP contribution in [0.3, 0.4) is 0 Å². The van der Waals surface area contributed by atoms with Crippen molar-refractivity contribution in [2.75, 3.05) is 6.61 Å². The number of hydrogen-bond acceptors (Lipinski definition) is 3. The molecule has 0 bridgehead atoms. The molecule has 96 valence electrons. The van der Waals surface area contributed by atoms with Crippen LogP contribution in [-0.4, -0.2) is 18.2 Å². The van der Waals surface area contributed by atoms with Crippen molar-refractivity contribution in [3.8, 4) is 6.07 Å². The van der Waals surface area contributed by atoms with Crippen molar-refractivity contribution in [1.82, 2.24) is 0 Å². The van der Waals surface area contributed by atoms with E-state index in [9.17, 15) is 5.26 Å². The highest BCUT2D eigenvalue weighted by Gasteiger charge is 2.43. The third-order valence-corrected chi connectivity index (χ3v) is 4.21. The van der Waals surface area contributed by atoms with Gasteiger partial charge in [0.05, 0.1) is 18.8 Å². The Morgan fingerprint density at radius 1 is 1.24 bits per heavy atom. The summed E-state index contributed by atoms with van der Waals surface area (Å²) < 4.78 is 5.93. The molecule has 0 saturated heterocycles. The first kappa shape index (κ1) is 12.9. The van der Waals surface area contributed by atoms with E-state index in [1.54, 1.807) is 0 Å². The molecule has 0 amide bonds. The van der Waals surface area contributed by atoms with Crippen molar-refractivity contribution in [3.05, 3.63) is 0 Å². The van der Waals surface area contributed by atoms with Gasteiger partial charge in [0.1, 0.15) is 5.54 Å². The fraction of sp³-hybridized carbons (Fsp3) is 0.929. The lowest BCUT2D eigenvalue weighted by atomic mass is 9.81. The van der Waals surface area contributed by atoms with Crippen molar-refractivity contribution in [2.24, 2.45) is 23.5 Å². The summed E-state index contributed by atoms with van der Waals surface area (Å²) in [6, 6.07) is 2.26. The molecule has 2 N–H and O–H groups in total. The smallest absolute Gasteiger partial charge is 0.130 e. The number of ether oxygens (including phenoxy) is 1. The van der Waals surface area contributed by atoms with Crippen LogP contribution >= 0.6 is 0 Å². The number of nitrogens with zero attached hydrogens (tertiary/aromatic N) is 1. The molecular formula is C14H24N2O. The van der Waals surface area contributed by atoms with Crippen LogP contribution in [0.15, 0.2) is 0 Å². The molecule has 0 aliphatic heterocycles. The summed E-state index contributed by atoms with van der Waals surface area (Å²) in [7, 11) is 0. The predicted octanol–water partition coefficient (Wildman–Crippen LogP) is 2.46. The van der Waals surface area contributed by atoms with Crippen molar-refractivity contribution >= 4 is 0 Å². The standard InChI is InChI=1S/C14H24N2O/c1-10-5-11(2)7-13(6-10)17-9-14(16,8-15)12-3-4-12/h10-13H,3-7,9,16H2,1-2H3. The average molecular weight is 236 g/mol. The molecule has 0 aromatic carbocycles. The van der Waals surface area contributed by atoms with Gasteiger partial charge in [-0.2, -0.15) is 5.26 Å². The van der Waals surface area contributed by atoms with Gasteiger partial charge in [-0.15, -0.1) is 0 Å². The van der Waals surface area contributed by atoms with Crippen LogP contribution in [0.4, 0.5) is 0 Å². The van der Waals surface area contributed by atoms with E-state index in [0.29, 0.717) is 18.6 Å². The Labute approximate surface area is 104 Å². The summed E-state index contributed by atoms with van der Waals surface area (Å²) >= 11 is 0. The van der Waals surface area contributed by atoms with Crippen molar-refractivity contribution in [3.63, 3.8) is 0 Å². The fourth-order valence-corrected chi connectivity index (χ4v) is 3.10. The number of rotatable bonds is 4. The van der Waals surface area contributed by atoms with Gasteiger partial charge in [-0.3, -0.25) is 0 Å². The Morgan fingerprint density at radius 2 is 1.82 bits per heavy atom. The number of nitriles is 1. The monoisotopic (exact) mass is 236 g/mol. The molecule has 2 aliphatic carbocycles. The highest BCUT2D eigenvalue weighted by molar-refractivity contribution is 5.13. The molecule has 17 heavy (non-hydrogen) atoms. The van der Waals surface area contributed by atoms with Gasteiger partial charge in [-0.1, -0.05) is 13.8 Å². The quantitative estimate of drug-likeness (QED) is 0.815. The largest absolute Gasteiger partial charge is 0.375 e. The van der Waals surface area contributed by atoms with Crippen LogP contribution in [0.5, 0.6) is 0 Å². The van der Waals surface area contributed by atoms with Crippen LogP contribution in [-0.2, 0) is 4.74 Å². The number of nitrogens with two attached hydrogens (primary N) is 1. The molecule has 2 fully saturated rings. The Hall–Kier alpha value is -0.590. The van der Waals surface area contributed by atoms with E-state index in [4.69, 9.17) is 10.5 Å². The fourth-order valence-electron chi connectivity index (χ4n) is 3.10. The van der Waals surface area contributed by atoms with Crippen molar-refractivity contribution in [1.29, 1.82) is 5.26 Å². The van der Waals surface area contributed by atoms with E-state index in [0.717, 1.165) is 37.5 Å². The van der Waals surface area contributed by atoms with E-state index in [2.05, 4.69) is 19.9 Å². The van der Waals surface area contributed by atoms with Gasteiger partial charge < -0.3 is 10.5 Å². The second-order valence-corrected chi connectivity index (χ2v) is 6.28. The van der Waals surface area contributed by atoms with E-state index in [1.165, 1.54) is 6.42 Å². The molecule has 3 unspecified atom stereocenters. The highest BCUT2D eigenvalue weighted by Crippen LogP contribution is 2.39. The number of hydrogen-bond donors (Lipinski definition) is 1. The highest BCUT2D eigenvalue weighted by atomic mass is 16.5. The summed E-state index contributed by atoms with van der Waals surface area (Å²) in [6.45, 7) is 4.98. The van der Waals surface area contributed by atoms with Gasteiger partial charge in [-0.25, -0.2) is 0 Å². The zero-order chi connectivity index (χ0) is 12.5. The maximum atomic E-state index is 9.17. The minimum Gasteiger partial charge on any atom is -0.375 e. The summed E-state index contributed by atoms with van der Waals surface area (Å²) in [5.74, 6) is 1.84. The van der Waals surface area contributed by atoms with E-state index >= 15 is 0 Å². The minimum absolute atomic E-state index is 0.309. The molecule has 3 atom stereocenters. The topological polar surface area (TPSA) is 59.0 Å². The molecule has 0 aromatic rings. The average Bonchev–Trinajstić information content (AvgIpc) is 3.08. The molecule has 2 saturated carbocycles. The second kappa shape index (κ2) is 4.96. The maximum absolute atomic E-state index is 9.17. The Balaban J connectivity index is 1.83. The molecule has 3 heteroatoms. The van der Waals surface area contributed by atoms with Crippen LogP contribution in [0.2, 0.25) is 0 Å². The van der Waals surface area contributed by atoms with E-state index in [-0.39, 0.29) is 0 Å². The Kier molecular flexibility index (Phi) is 3.75. The van der Waals surface area contributed by atoms with Gasteiger partial charge in [0.25, 0.3) is 0 Å². The van der Waals surface area contributed by atoms with E-state index in [1.807, 2.05) is 0 Å². The molecule has 2 rings (SSSR count). The minimum atomic E-state index is -0.732. The van der Waals surface area contributed by atoms with E-state index < -0.39 is 5.54 Å². The summed E-state index contributed by atoms with van der Waals surface area (Å²) in [4.78, 5) is 0. The summed E-state index contributed by atoms with van der Waals surface area (Å²) in [5, 5.41) is 9.17. The van der Waals surface area contributed by atoms with Gasteiger partial charge in [0, 0.05) is 0 Å². The molecule has 0 heterocycles. The van der Waals surface area contributed by atoms with Crippen LogP contribution in [0, 0.1) is 29.1 Å². The molecule has 0 radical (unpaired) electrons. The molecule has 0 spiro atoms. The SMILES string of the molecule is CC1CC(C)CC(OCC(N)(C#N)C2CC2)C1. The summed E-state index contributed by atoms with van der Waals surface area (Å²) in [5.41, 5.74) is 5.37. The van der Waals surface area contributed by atoms with Crippen molar-refractivity contribution in [2.45, 2.75) is 57.6 Å². The first-order chi connectivity index (χ1) is 8.03. The predicted molar refractivity (Wildman–Crippen MR) is 67.2 cm³/mol. The van der Waals surface area contributed by atoms with Gasteiger partial charge in [0.15, 0.2) is 0 Å². The van der Waals surface area contributed by atoms with Gasteiger partial charge in [0.2, 0.25) is 0 Å². The zero-order valence-electron chi connectivity index (χ0n) is 11.0. The van der Waals surface area contributed by atoms with Crippen LogP contribution in [0.1, 0.15) is 46.0 Å². The first-order valence-corrected chi connectivity index (χ1v) is 6.85. The third kappa shape index (κ3) is 3.20. The second-order valence-electron chi connectivity index (χ2n) is 6.28. The maximum Gasteiger partial charge on any atom is 0.130 e. The Morgan fingerprint density at radius 3 is 2.29 bits per heavy atom. The van der Waals surface area contributed by atoms with Gasteiger partial charge >= 0.3 is 0 Å². The molecule has 3 nitrogen and oxygen atoms in total. The normalized spacial score (nSPS) is 37.2. The Bertz CT molecular complexity index is 298. The zero-order valence-corrected chi connectivity index (χ0v) is 11.0. The van der Waals surface area contributed by atoms with Crippen LogP contribution in [0.25, 0.3) is 0 Å². The molecule has 2 aliphatic rings. The molecular weight excluding hydrogens is 212 g/mol. The third-order valence-electron chi connectivity index (χ3n) is 4.21. The lowest BCUT2D eigenvalue weighted by Crippen LogP contribution is -2.46. The van der Waals surface area contributed by atoms with Crippen LogP contribution < -0.4 is 5.73 Å². The lowest BCUT2D eigenvalue weighted by Gasteiger charge is -2.33. The van der Waals surface area contributed by atoms with Crippen molar-refractivity contribution < 1.29 is 4.74 Å². The lowest BCUT2D eigenvalue weighted by molar-refractivity contribution is -0.0167. The van der Waals surface area contributed by atoms with Gasteiger partial charge in [-0.05, 0) is 49.9 Å². The molecule has 0 aromatic heterocycles. The summed E-state index contributed by atoms with van der Waals surface area (Å²) in [6.07, 6.45) is 6.03.